The zero-order chi connectivity index (χ0) is 18.8. The van der Waals surface area contributed by atoms with Gasteiger partial charge < -0.3 is 19.2 Å². The number of rotatable bonds is 4. The minimum Gasteiger partial charge on any atom is -0.474 e. The fraction of sp³-hybridized carbons (Fsp3) is 0.714. The number of H-pyrrole nitrogens is 1. The van der Waals surface area contributed by atoms with Crippen molar-refractivity contribution in [2.45, 2.75) is 56.6 Å². The summed E-state index contributed by atoms with van der Waals surface area (Å²) in [5, 5.41) is 1.07. The van der Waals surface area contributed by atoms with Crippen molar-refractivity contribution in [1.82, 2.24) is 19.9 Å². The highest BCUT2D eigenvalue weighted by Crippen LogP contribution is 2.37. The van der Waals surface area contributed by atoms with Gasteiger partial charge in [-0.25, -0.2) is 9.97 Å². The Balaban J connectivity index is 0.00000205. The first-order valence-corrected chi connectivity index (χ1v) is 10.8. The lowest BCUT2D eigenvalue weighted by Gasteiger charge is -2.38. The molecule has 28 heavy (non-hydrogen) atoms. The first-order chi connectivity index (χ1) is 13.9. The molecule has 0 bridgehead atoms. The summed E-state index contributed by atoms with van der Waals surface area (Å²) in [6.07, 6.45) is 10.6. The van der Waals surface area contributed by atoms with E-state index < -0.39 is 0 Å². The highest BCUT2D eigenvalue weighted by Gasteiger charge is 2.29. The maximum Gasteiger partial charge on any atom is 0.226 e. The predicted octanol–water partition coefficient (Wildman–Crippen LogP) is 3.12. The molecule has 0 aromatic carbocycles. The molecule has 0 amide bonds. The van der Waals surface area contributed by atoms with Gasteiger partial charge in [0.2, 0.25) is 5.88 Å². The molecule has 2 saturated heterocycles. The Morgan fingerprint density at radius 2 is 1.71 bits per heavy atom. The Morgan fingerprint density at radius 1 is 0.964 bits per heavy atom. The molecule has 1 aliphatic carbocycles. The fourth-order valence-corrected chi connectivity index (χ4v) is 5.01. The monoisotopic (exact) mass is 388 g/mol. The van der Waals surface area contributed by atoms with Gasteiger partial charge in [-0.05, 0) is 50.0 Å². The van der Waals surface area contributed by atoms with Crippen molar-refractivity contribution in [3.8, 4) is 5.88 Å². The summed E-state index contributed by atoms with van der Waals surface area (Å²) < 4.78 is 17.5. The fourth-order valence-electron chi connectivity index (χ4n) is 5.01. The molecule has 7 heteroatoms. The number of nitrogens with one attached hydrogen (secondary N) is 1. The van der Waals surface area contributed by atoms with Gasteiger partial charge in [-0.1, -0.05) is 0 Å². The van der Waals surface area contributed by atoms with Crippen LogP contribution in [0.25, 0.3) is 11.0 Å². The molecule has 3 aliphatic rings. The lowest BCUT2D eigenvalue weighted by molar-refractivity contribution is -0.00126. The second kappa shape index (κ2) is 8.35. The van der Waals surface area contributed by atoms with E-state index in [4.69, 9.17) is 14.2 Å². The Morgan fingerprint density at radius 3 is 2.50 bits per heavy atom. The van der Waals surface area contributed by atoms with Crippen molar-refractivity contribution in [2.75, 3.05) is 39.5 Å². The summed E-state index contributed by atoms with van der Waals surface area (Å²) in [6, 6.07) is 0.680. The van der Waals surface area contributed by atoms with Gasteiger partial charge in [-0.3, -0.25) is 4.90 Å². The van der Waals surface area contributed by atoms with E-state index in [0.29, 0.717) is 12.0 Å². The summed E-state index contributed by atoms with van der Waals surface area (Å²) in [5.41, 5.74) is 2.17. The molecule has 7 nitrogen and oxygen atoms in total. The lowest BCUT2D eigenvalue weighted by atomic mass is 9.91. The molecule has 154 valence electrons. The van der Waals surface area contributed by atoms with Gasteiger partial charge in [-0.2, -0.15) is 0 Å². The molecule has 2 aliphatic heterocycles. The number of morpholine rings is 1. The van der Waals surface area contributed by atoms with Gasteiger partial charge in [-0.15, -0.1) is 0 Å². The molecule has 0 atom stereocenters. The SMILES string of the molecule is [HH].c1nc(OC2CCC(N3CCOCC3)CC2)c2c(C3CCOCC3)c[nH]c2n1. The van der Waals surface area contributed by atoms with Gasteiger partial charge in [0.25, 0.3) is 0 Å². The third kappa shape index (κ3) is 3.75. The Kier molecular flexibility index (Phi) is 5.47. The summed E-state index contributed by atoms with van der Waals surface area (Å²) in [6.45, 7) is 5.54. The molecule has 1 saturated carbocycles. The van der Waals surface area contributed by atoms with Crippen molar-refractivity contribution in [3.05, 3.63) is 18.1 Å². The van der Waals surface area contributed by atoms with Crippen LogP contribution < -0.4 is 4.74 Å². The smallest absolute Gasteiger partial charge is 0.226 e. The summed E-state index contributed by atoms with van der Waals surface area (Å²) in [4.78, 5) is 14.9. The molecule has 3 fully saturated rings. The minimum absolute atomic E-state index is 0. The van der Waals surface area contributed by atoms with E-state index in [1.165, 1.54) is 18.4 Å². The van der Waals surface area contributed by atoms with Crippen LogP contribution in [-0.4, -0.2) is 71.5 Å². The molecule has 1 N–H and O–H groups in total. The van der Waals surface area contributed by atoms with Gasteiger partial charge in [0.1, 0.15) is 18.1 Å². The Bertz CT molecular complexity index is 781. The van der Waals surface area contributed by atoms with Gasteiger partial charge in [0.05, 0.1) is 18.6 Å². The van der Waals surface area contributed by atoms with Crippen LogP contribution in [0.4, 0.5) is 0 Å². The number of aromatic nitrogens is 3. The average Bonchev–Trinajstić information content (AvgIpc) is 3.21. The van der Waals surface area contributed by atoms with Crippen LogP contribution in [0, 0.1) is 0 Å². The highest BCUT2D eigenvalue weighted by atomic mass is 16.5. The maximum absolute atomic E-state index is 6.45. The number of hydrogen-bond donors (Lipinski definition) is 1. The molecule has 4 heterocycles. The van der Waals surface area contributed by atoms with E-state index in [1.54, 1.807) is 6.33 Å². The second-order valence-corrected chi connectivity index (χ2v) is 8.23. The minimum atomic E-state index is 0. The highest BCUT2D eigenvalue weighted by molar-refractivity contribution is 5.85. The normalized spacial score (nSPS) is 27.9. The molecule has 2 aromatic rings. The quantitative estimate of drug-likeness (QED) is 0.868. The Labute approximate surface area is 167 Å². The predicted molar refractivity (Wildman–Crippen MR) is 108 cm³/mol. The number of nitrogens with zero attached hydrogens (tertiary/aromatic N) is 3. The van der Waals surface area contributed by atoms with Crippen LogP contribution in [0.1, 0.15) is 51.4 Å². The van der Waals surface area contributed by atoms with Crippen molar-refractivity contribution in [1.29, 1.82) is 0 Å². The van der Waals surface area contributed by atoms with Crippen molar-refractivity contribution in [3.63, 3.8) is 0 Å². The van der Waals surface area contributed by atoms with Crippen molar-refractivity contribution < 1.29 is 15.6 Å². The third-order valence-electron chi connectivity index (χ3n) is 6.61. The topological polar surface area (TPSA) is 72.5 Å². The van der Waals surface area contributed by atoms with Crippen LogP contribution in [0.3, 0.4) is 0 Å². The number of fused-ring (bicyclic) bond motifs is 1. The molecule has 2 aromatic heterocycles. The molecule has 0 radical (unpaired) electrons. The first kappa shape index (κ1) is 18.3. The zero-order valence-corrected chi connectivity index (χ0v) is 16.4. The van der Waals surface area contributed by atoms with Crippen LogP contribution in [-0.2, 0) is 9.47 Å². The van der Waals surface area contributed by atoms with E-state index in [-0.39, 0.29) is 7.53 Å². The summed E-state index contributed by atoms with van der Waals surface area (Å²) in [5.74, 6) is 1.25. The Hall–Kier alpha value is -1.70. The number of aromatic amines is 1. The van der Waals surface area contributed by atoms with Crippen LogP contribution >= 0.6 is 0 Å². The standard InChI is InChI=1S/C21H30N4O3.H2/c1-3-17(4-2-16(1)25-7-11-27-12-8-25)28-21-19-18(15-5-9-26-10-6-15)13-22-20(19)23-14-24-21;/h13-17H,1-12H2,(H,22,23,24);1H. The molecular formula is C21H32N4O3. The summed E-state index contributed by atoms with van der Waals surface area (Å²) in [7, 11) is 0. The van der Waals surface area contributed by atoms with E-state index in [0.717, 1.165) is 82.1 Å². The molecule has 0 spiro atoms. The van der Waals surface area contributed by atoms with E-state index in [9.17, 15) is 0 Å². The van der Waals surface area contributed by atoms with Crippen molar-refractivity contribution in [2.24, 2.45) is 0 Å². The number of ether oxygens (including phenoxy) is 3. The maximum atomic E-state index is 6.45. The lowest BCUT2D eigenvalue weighted by Crippen LogP contribution is -2.46. The molecule has 5 rings (SSSR count). The largest absolute Gasteiger partial charge is 0.474 e. The van der Waals surface area contributed by atoms with Crippen LogP contribution in [0.15, 0.2) is 12.5 Å². The van der Waals surface area contributed by atoms with E-state index >= 15 is 0 Å². The van der Waals surface area contributed by atoms with E-state index in [1.807, 2.05) is 0 Å². The van der Waals surface area contributed by atoms with Crippen LogP contribution in [0.5, 0.6) is 5.88 Å². The third-order valence-corrected chi connectivity index (χ3v) is 6.61. The first-order valence-electron chi connectivity index (χ1n) is 10.8. The molecular weight excluding hydrogens is 356 g/mol. The van der Waals surface area contributed by atoms with Gasteiger partial charge >= 0.3 is 0 Å². The van der Waals surface area contributed by atoms with Crippen molar-refractivity contribution >= 4 is 11.0 Å². The van der Waals surface area contributed by atoms with Gasteiger partial charge in [0.15, 0.2) is 0 Å². The second-order valence-electron chi connectivity index (χ2n) is 8.23. The molecule has 0 unspecified atom stereocenters. The average molecular weight is 389 g/mol. The zero-order valence-electron chi connectivity index (χ0n) is 16.4. The van der Waals surface area contributed by atoms with Crippen LogP contribution in [0.2, 0.25) is 0 Å². The number of hydrogen-bond acceptors (Lipinski definition) is 6. The van der Waals surface area contributed by atoms with E-state index in [2.05, 4.69) is 26.0 Å². The van der Waals surface area contributed by atoms with Gasteiger partial charge in [0, 0.05) is 40.0 Å². The summed E-state index contributed by atoms with van der Waals surface area (Å²) >= 11 is 0.